The number of hydrogen-bond acceptors (Lipinski definition) is 5. The molecule has 0 bridgehead atoms. The van der Waals surface area contributed by atoms with E-state index in [1.54, 1.807) is 7.11 Å². The highest BCUT2D eigenvalue weighted by Crippen LogP contribution is 2.27. The smallest absolute Gasteiger partial charge is 0.288 e. The number of nitrogens with zero attached hydrogens (tertiary/aromatic N) is 1. The van der Waals surface area contributed by atoms with Gasteiger partial charge in [-0.1, -0.05) is 17.7 Å². The van der Waals surface area contributed by atoms with E-state index in [1.165, 1.54) is 18.2 Å². The van der Waals surface area contributed by atoms with Crippen molar-refractivity contribution in [3.05, 3.63) is 38.9 Å². The van der Waals surface area contributed by atoms with Gasteiger partial charge in [-0.15, -0.1) is 0 Å². The monoisotopic (exact) mass is 316 g/mol. The van der Waals surface area contributed by atoms with Crippen LogP contribution in [0.2, 0.25) is 5.02 Å². The van der Waals surface area contributed by atoms with Crippen LogP contribution in [-0.2, 0) is 9.47 Å². The number of carbonyl (C=O) groups excluding carboxylic acids is 1. The number of halogens is 1. The van der Waals surface area contributed by atoms with Gasteiger partial charge >= 0.3 is 0 Å². The number of nitro groups is 1. The molecule has 0 radical (unpaired) electrons. The van der Waals surface area contributed by atoms with Gasteiger partial charge in [0.25, 0.3) is 11.6 Å². The Morgan fingerprint density at radius 3 is 2.81 bits per heavy atom. The molecule has 1 aromatic rings. The van der Waals surface area contributed by atoms with Crippen LogP contribution in [0.1, 0.15) is 16.8 Å². The number of benzene rings is 1. The van der Waals surface area contributed by atoms with Gasteiger partial charge < -0.3 is 14.8 Å². The van der Waals surface area contributed by atoms with Crippen molar-refractivity contribution in [2.24, 2.45) is 0 Å². The summed E-state index contributed by atoms with van der Waals surface area (Å²) in [5, 5.41) is 13.2. The largest absolute Gasteiger partial charge is 0.382 e. The highest BCUT2D eigenvalue weighted by Gasteiger charge is 2.19. The Hall–Kier alpha value is -1.70. The summed E-state index contributed by atoms with van der Waals surface area (Å²) in [7, 11) is 1.59. The quantitative estimate of drug-likeness (QED) is 0.427. The average molecular weight is 317 g/mol. The Balaban J connectivity index is 2.42. The lowest BCUT2D eigenvalue weighted by molar-refractivity contribution is -0.384. The van der Waals surface area contributed by atoms with E-state index in [2.05, 4.69) is 5.32 Å². The third-order valence-electron chi connectivity index (χ3n) is 2.60. The predicted octanol–water partition coefficient (Wildman–Crippen LogP) is 2.03. The molecule has 1 amide bonds. The van der Waals surface area contributed by atoms with Gasteiger partial charge in [-0.05, 0) is 12.5 Å². The molecular weight excluding hydrogens is 300 g/mol. The SMILES string of the molecule is COCCOCCCNC(=O)c1cccc([N+](=O)[O-])c1Cl. The van der Waals surface area contributed by atoms with Crippen LogP contribution in [0, 0.1) is 10.1 Å². The Morgan fingerprint density at radius 2 is 2.14 bits per heavy atom. The molecule has 21 heavy (non-hydrogen) atoms. The molecule has 0 aliphatic heterocycles. The molecule has 0 saturated heterocycles. The third kappa shape index (κ3) is 5.66. The normalized spacial score (nSPS) is 10.4. The summed E-state index contributed by atoms with van der Waals surface area (Å²) in [6.45, 7) is 1.91. The first kappa shape index (κ1) is 17.4. The van der Waals surface area contributed by atoms with Crippen molar-refractivity contribution in [1.29, 1.82) is 0 Å². The molecule has 7 nitrogen and oxygen atoms in total. The third-order valence-corrected chi connectivity index (χ3v) is 3.00. The van der Waals surface area contributed by atoms with Gasteiger partial charge in [0.2, 0.25) is 0 Å². The van der Waals surface area contributed by atoms with Gasteiger partial charge in [0, 0.05) is 26.3 Å². The average Bonchev–Trinajstić information content (AvgIpc) is 2.46. The molecule has 0 fully saturated rings. The molecule has 0 heterocycles. The van der Waals surface area contributed by atoms with Crippen LogP contribution in [0.4, 0.5) is 5.69 Å². The predicted molar refractivity (Wildman–Crippen MR) is 77.8 cm³/mol. The minimum atomic E-state index is -0.622. The molecule has 1 aromatic carbocycles. The molecule has 116 valence electrons. The molecule has 0 aliphatic carbocycles. The fourth-order valence-electron chi connectivity index (χ4n) is 1.55. The Morgan fingerprint density at radius 1 is 1.38 bits per heavy atom. The number of amides is 1. The summed E-state index contributed by atoms with van der Waals surface area (Å²) in [6.07, 6.45) is 0.627. The maximum atomic E-state index is 11.9. The fourth-order valence-corrected chi connectivity index (χ4v) is 1.83. The fraction of sp³-hybridized carbons (Fsp3) is 0.462. The highest BCUT2D eigenvalue weighted by atomic mass is 35.5. The molecular formula is C13H17ClN2O5. The minimum absolute atomic E-state index is 0.0890. The lowest BCUT2D eigenvalue weighted by Crippen LogP contribution is -2.25. The van der Waals surface area contributed by atoms with Gasteiger partial charge in [-0.25, -0.2) is 0 Å². The van der Waals surface area contributed by atoms with Crippen LogP contribution >= 0.6 is 11.6 Å². The van der Waals surface area contributed by atoms with Crippen LogP contribution in [0.15, 0.2) is 18.2 Å². The summed E-state index contributed by atoms with van der Waals surface area (Å²) >= 11 is 5.85. The van der Waals surface area contributed by atoms with Gasteiger partial charge in [0.1, 0.15) is 5.02 Å². The van der Waals surface area contributed by atoms with Crippen LogP contribution < -0.4 is 5.32 Å². The Labute approximate surface area is 127 Å². The zero-order valence-electron chi connectivity index (χ0n) is 11.6. The van der Waals surface area contributed by atoms with E-state index in [4.69, 9.17) is 21.1 Å². The Kier molecular flexibility index (Phi) is 7.66. The van der Waals surface area contributed by atoms with Crippen molar-refractivity contribution in [3.8, 4) is 0 Å². The van der Waals surface area contributed by atoms with E-state index >= 15 is 0 Å². The van der Waals surface area contributed by atoms with Crippen molar-refractivity contribution in [2.45, 2.75) is 6.42 Å². The van der Waals surface area contributed by atoms with Crippen LogP contribution in [0.3, 0.4) is 0 Å². The summed E-state index contributed by atoms with van der Waals surface area (Å²) in [6, 6.07) is 4.12. The topological polar surface area (TPSA) is 90.7 Å². The number of nitro benzene ring substituents is 1. The first-order valence-electron chi connectivity index (χ1n) is 6.35. The molecule has 0 aromatic heterocycles. The molecule has 0 atom stereocenters. The van der Waals surface area contributed by atoms with E-state index in [9.17, 15) is 14.9 Å². The second-order valence-corrected chi connectivity index (χ2v) is 4.49. The van der Waals surface area contributed by atoms with Gasteiger partial charge in [0.15, 0.2) is 0 Å². The lowest BCUT2D eigenvalue weighted by Gasteiger charge is -2.07. The van der Waals surface area contributed by atoms with Gasteiger partial charge in [0.05, 0.1) is 23.7 Å². The molecule has 8 heteroatoms. The first-order chi connectivity index (χ1) is 10.1. The van der Waals surface area contributed by atoms with E-state index in [0.29, 0.717) is 32.8 Å². The van der Waals surface area contributed by atoms with Crippen molar-refractivity contribution < 1.29 is 19.2 Å². The van der Waals surface area contributed by atoms with E-state index in [-0.39, 0.29) is 16.3 Å². The molecule has 0 unspecified atom stereocenters. The number of ether oxygens (including phenoxy) is 2. The Bertz CT molecular complexity index is 495. The lowest BCUT2D eigenvalue weighted by atomic mass is 10.2. The van der Waals surface area contributed by atoms with E-state index in [1.807, 2.05) is 0 Å². The van der Waals surface area contributed by atoms with Crippen molar-refractivity contribution in [3.63, 3.8) is 0 Å². The first-order valence-corrected chi connectivity index (χ1v) is 6.73. The number of methoxy groups -OCH3 is 1. The second-order valence-electron chi connectivity index (χ2n) is 4.11. The molecule has 0 saturated carbocycles. The number of carbonyl (C=O) groups is 1. The maximum Gasteiger partial charge on any atom is 0.288 e. The van der Waals surface area contributed by atoms with Gasteiger partial charge in [-0.3, -0.25) is 14.9 Å². The summed E-state index contributed by atoms with van der Waals surface area (Å²) in [4.78, 5) is 22.0. The number of hydrogen-bond donors (Lipinski definition) is 1. The number of rotatable bonds is 9. The van der Waals surface area contributed by atoms with E-state index < -0.39 is 10.8 Å². The zero-order chi connectivity index (χ0) is 15.7. The van der Waals surface area contributed by atoms with Crippen LogP contribution in [0.5, 0.6) is 0 Å². The second kappa shape index (κ2) is 9.28. The van der Waals surface area contributed by atoms with Crippen LogP contribution in [-0.4, -0.2) is 44.3 Å². The highest BCUT2D eigenvalue weighted by molar-refractivity contribution is 6.35. The standard InChI is InChI=1S/C13H17ClN2O5/c1-20-8-9-21-7-3-6-15-13(17)10-4-2-5-11(12(10)14)16(18)19/h2,4-5H,3,6-9H2,1H3,(H,15,17). The molecule has 0 spiro atoms. The molecule has 1 N–H and O–H groups in total. The minimum Gasteiger partial charge on any atom is -0.382 e. The van der Waals surface area contributed by atoms with Crippen molar-refractivity contribution in [2.75, 3.05) is 33.5 Å². The van der Waals surface area contributed by atoms with Crippen molar-refractivity contribution in [1.82, 2.24) is 5.32 Å². The summed E-state index contributed by atoms with van der Waals surface area (Å²) in [5.74, 6) is -0.444. The number of nitrogens with one attached hydrogen (secondary N) is 1. The summed E-state index contributed by atoms with van der Waals surface area (Å²) in [5.41, 5.74) is -0.196. The van der Waals surface area contributed by atoms with Gasteiger partial charge in [-0.2, -0.15) is 0 Å². The van der Waals surface area contributed by atoms with Crippen LogP contribution in [0.25, 0.3) is 0 Å². The van der Waals surface area contributed by atoms with E-state index in [0.717, 1.165) is 0 Å². The zero-order valence-corrected chi connectivity index (χ0v) is 12.4. The molecule has 1 rings (SSSR count). The van der Waals surface area contributed by atoms with Crippen molar-refractivity contribution >= 4 is 23.2 Å². The molecule has 0 aliphatic rings. The maximum absolute atomic E-state index is 11.9. The summed E-state index contributed by atoms with van der Waals surface area (Å²) < 4.78 is 10.1.